The first-order valence-corrected chi connectivity index (χ1v) is 9.53. The van der Waals surface area contributed by atoms with E-state index in [0.717, 1.165) is 16.3 Å². The lowest BCUT2D eigenvalue weighted by Crippen LogP contribution is -2.54. The molecule has 160 valence electrons. The van der Waals surface area contributed by atoms with Gasteiger partial charge in [0.25, 0.3) is 17.5 Å². The molecule has 4 amide bonds. The number of barbiturate groups is 1. The van der Waals surface area contributed by atoms with Gasteiger partial charge >= 0.3 is 6.03 Å². The molecular formula is C22H17N5O5. The highest BCUT2D eigenvalue weighted by atomic mass is 16.6. The van der Waals surface area contributed by atoms with Crippen LogP contribution in [0.25, 0.3) is 11.8 Å². The van der Waals surface area contributed by atoms with E-state index < -0.39 is 22.8 Å². The maximum Gasteiger partial charge on any atom is 0.335 e. The van der Waals surface area contributed by atoms with E-state index >= 15 is 0 Å². The van der Waals surface area contributed by atoms with Gasteiger partial charge in [-0.05, 0) is 55.8 Å². The van der Waals surface area contributed by atoms with E-state index in [9.17, 15) is 24.5 Å². The SMILES string of the molecule is Cc1cc(/C=C2/C(=O)NC(=O)N(c3ccncc3)C2=O)c(C)n1-c1ccc([N+](=O)[O-])cc1. The number of hydrogen-bond acceptors (Lipinski definition) is 6. The fraction of sp³-hybridized carbons (Fsp3) is 0.0909. The Hall–Kier alpha value is -4.60. The van der Waals surface area contributed by atoms with Crippen molar-refractivity contribution in [2.75, 3.05) is 4.90 Å². The summed E-state index contributed by atoms with van der Waals surface area (Å²) in [5.41, 5.74) is 2.89. The molecule has 0 aliphatic carbocycles. The molecule has 4 rings (SSSR count). The number of amides is 4. The largest absolute Gasteiger partial charge is 0.335 e. The number of aromatic nitrogens is 2. The smallest absolute Gasteiger partial charge is 0.318 e. The molecule has 1 aliphatic rings. The Balaban J connectivity index is 1.74. The van der Waals surface area contributed by atoms with Gasteiger partial charge in [0.05, 0.1) is 10.6 Å². The molecule has 1 aliphatic heterocycles. The number of nitro groups is 1. The Labute approximate surface area is 181 Å². The molecule has 3 aromatic rings. The number of hydrogen-bond donors (Lipinski definition) is 1. The number of benzene rings is 1. The molecule has 32 heavy (non-hydrogen) atoms. The standard InChI is InChI=1S/C22H17N5O5/c1-13-11-15(14(2)25(13)16-3-5-18(6-4-16)27(31)32)12-19-20(28)24-22(30)26(21(19)29)17-7-9-23-10-8-17/h3-12H,1-2H3,(H,24,28,30)/b19-12-. The second-order valence-corrected chi connectivity index (χ2v) is 7.10. The average Bonchev–Trinajstić information content (AvgIpc) is 3.04. The van der Waals surface area contributed by atoms with Gasteiger partial charge in [-0.2, -0.15) is 0 Å². The summed E-state index contributed by atoms with van der Waals surface area (Å²) >= 11 is 0. The van der Waals surface area contributed by atoms with E-state index in [1.807, 2.05) is 11.5 Å². The summed E-state index contributed by atoms with van der Waals surface area (Å²) in [6, 6.07) is 9.99. The summed E-state index contributed by atoms with van der Waals surface area (Å²) in [6.07, 6.45) is 4.31. The molecule has 2 aromatic heterocycles. The number of nitro benzene ring substituents is 1. The molecule has 0 unspecified atom stereocenters. The van der Waals surface area contributed by atoms with Crippen LogP contribution in [0.1, 0.15) is 17.0 Å². The van der Waals surface area contributed by atoms with Crippen LogP contribution in [0, 0.1) is 24.0 Å². The number of rotatable bonds is 4. The number of nitrogens with zero attached hydrogens (tertiary/aromatic N) is 4. The van der Waals surface area contributed by atoms with Crippen LogP contribution in [0.5, 0.6) is 0 Å². The lowest BCUT2D eigenvalue weighted by atomic mass is 10.1. The Morgan fingerprint density at radius 1 is 1.00 bits per heavy atom. The highest BCUT2D eigenvalue weighted by molar-refractivity contribution is 6.39. The van der Waals surface area contributed by atoms with Crippen LogP contribution in [-0.2, 0) is 9.59 Å². The van der Waals surface area contributed by atoms with Gasteiger partial charge in [-0.15, -0.1) is 0 Å². The average molecular weight is 431 g/mol. The number of carbonyl (C=O) groups excluding carboxylic acids is 3. The molecule has 1 saturated heterocycles. The van der Waals surface area contributed by atoms with Crippen molar-refractivity contribution in [3.63, 3.8) is 0 Å². The molecule has 3 heterocycles. The van der Waals surface area contributed by atoms with Gasteiger partial charge in [0.1, 0.15) is 5.57 Å². The molecule has 0 saturated carbocycles. The molecule has 0 spiro atoms. The predicted molar refractivity (Wildman–Crippen MR) is 115 cm³/mol. The van der Waals surface area contributed by atoms with Crippen LogP contribution in [-0.4, -0.2) is 32.3 Å². The van der Waals surface area contributed by atoms with E-state index in [0.29, 0.717) is 11.3 Å². The van der Waals surface area contributed by atoms with Crippen LogP contribution in [0.2, 0.25) is 0 Å². The maximum atomic E-state index is 13.0. The summed E-state index contributed by atoms with van der Waals surface area (Å²) < 4.78 is 1.85. The molecule has 0 bridgehead atoms. The van der Waals surface area contributed by atoms with Gasteiger partial charge in [0, 0.05) is 41.6 Å². The predicted octanol–water partition coefficient (Wildman–Crippen LogP) is 3.06. The van der Waals surface area contributed by atoms with Crippen LogP contribution < -0.4 is 10.2 Å². The van der Waals surface area contributed by atoms with Gasteiger partial charge in [0.15, 0.2) is 0 Å². The number of anilines is 1. The van der Waals surface area contributed by atoms with Crippen molar-refractivity contribution >= 4 is 35.3 Å². The fourth-order valence-corrected chi connectivity index (χ4v) is 3.60. The zero-order valence-electron chi connectivity index (χ0n) is 17.1. The van der Waals surface area contributed by atoms with Gasteiger partial charge in [-0.1, -0.05) is 0 Å². The van der Waals surface area contributed by atoms with Crippen molar-refractivity contribution in [3.8, 4) is 5.69 Å². The molecule has 0 radical (unpaired) electrons. The first kappa shape index (κ1) is 20.7. The number of imide groups is 2. The van der Waals surface area contributed by atoms with E-state index in [2.05, 4.69) is 10.3 Å². The summed E-state index contributed by atoms with van der Waals surface area (Å²) in [4.78, 5) is 52.9. The van der Waals surface area contributed by atoms with E-state index in [1.165, 1.54) is 42.7 Å². The van der Waals surface area contributed by atoms with Crippen LogP contribution >= 0.6 is 0 Å². The van der Waals surface area contributed by atoms with Crippen molar-refractivity contribution in [1.29, 1.82) is 0 Å². The van der Waals surface area contributed by atoms with E-state index in [-0.39, 0.29) is 16.9 Å². The maximum absolute atomic E-state index is 13.0. The first-order chi connectivity index (χ1) is 15.3. The molecule has 1 aromatic carbocycles. The topological polar surface area (TPSA) is 127 Å². The van der Waals surface area contributed by atoms with E-state index in [1.54, 1.807) is 25.1 Å². The second kappa shape index (κ2) is 7.91. The first-order valence-electron chi connectivity index (χ1n) is 9.53. The molecule has 10 heteroatoms. The van der Waals surface area contributed by atoms with Gasteiger partial charge < -0.3 is 4.57 Å². The fourth-order valence-electron chi connectivity index (χ4n) is 3.60. The molecule has 0 atom stereocenters. The molecule has 10 nitrogen and oxygen atoms in total. The minimum absolute atomic E-state index is 0.0242. The lowest BCUT2D eigenvalue weighted by molar-refractivity contribution is -0.384. The highest BCUT2D eigenvalue weighted by Crippen LogP contribution is 2.26. The van der Waals surface area contributed by atoms with Crippen molar-refractivity contribution in [2.24, 2.45) is 0 Å². The number of non-ortho nitro benzene ring substituents is 1. The number of carbonyl (C=O) groups is 3. The van der Waals surface area contributed by atoms with Gasteiger partial charge in [-0.25, -0.2) is 9.69 Å². The Morgan fingerprint density at radius 2 is 1.66 bits per heavy atom. The normalized spacial score (nSPS) is 15.2. The highest BCUT2D eigenvalue weighted by Gasteiger charge is 2.37. The summed E-state index contributed by atoms with van der Waals surface area (Å²) in [5.74, 6) is -1.53. The minimum Gasteiger partial charge on any atom is -0.318 e. The number of urea groups is 1. The monoisotopic (exact) mass is 431 g/mol. The lowest BCUT2D eigenvalue weighted by Gasteiger charge is -2.26. The summed E-state index contributed by atoms with van der Waals surface area (Å²) in [7, 11) is 0. The second-order valence-electron chi connectivity index (χ2n) is 7.10. The zero-order valence-corrected chi connectivity index (χ0v) is 17.1. The quantitative estimate of drug-likeness (QED) is 0.293. The van der Waals surface area contributed by atoms with Crippen molar-refractivity contribution < 1.29 is 19.3 Å². The van der Waals surface area contributed by atoms with Gasteiger partial charge in [-0.3, -0.25) is 30.0 Å². The molecule has 1 fully saturated rings. The summed E-state index contributed by atoms with van der Waals surface area (Å²) in [5, 5.41) is 13.1. The Morgan fingerprint density at radius 3 is 2.28 bits per heavy atom. The number of pyridine rings is 1. The Bertz CT molecular complexity index is 1290. The third kappa shape index (κ3) is 3.54. The third-order valence-electron chi connectivity index (χ3n) is 5.11. The van der Waals surface area contributed by atoms with E-state index in [4.69, 9.17) is 0 Å². The zero-order chi connectivity index (χ0) is 23.0. The van der Waals surface area contributed by atoms with Crippen molar-refractivity contribution in [3.05, 3.63) is 87.5 Å². The number of nitrogens with one attached hydrogen (secondary N) is 1. The van der Waals surface area contributed by atoms with Crippen LogP contribution in [0.4, 0.5) is 16.2 Å². The minimum atomic E-state index is -0.834. The van der Waals surface area contributed by atoms with Crippen molar-refractivity contribution in [1.82, 2.24) is 14.9 Å². The van der Waals surface area contributed by atoms with Crippen LogP contribution in [0.3, 0.4) is 0 Å². The van der Waals surface area contributed by atoms with Crippen LogP contribution in [0.15, 0.2) is 60.4 Å². The number of aryl methyl sites for hydroxylation is 1. The molecule has 1 N–H and O–H groups in total. The third-order valence-corrected chi connectivity index (χ3v) is 5.11. The Kier molecular flexibility index (Phi) is 5.11. The van der Waals surface area contributed by atoms with Crippen molar-refractivity contribution in [2.45, 2.75) is 13.8 Å². The molecular weight excluding hydrogens is 414 g/mol. The van der Waals surface area contributed by atoms with Gasteiger partial charge in [0.2, 0.25) is 0 Å². The summed E-state index contributed by atoms with van der Waals surface area (Å²) in [6.45, 7) is 3.64.